The number of ether oxygens (including phenoxy) is 1. The summed E-state index contributed by atoms with van der Waals surface area (Å²) < 4.78 is 5.74. The van der Waals surface area contributed by atoms with Crippen molar-refractivity contribution < 1.29 is 33.5 Å². The van der Waals surface area contributed by atoms with E-state index in [0.29, 0.717) is 32.2 Å². The van der Waals surface area contributed by atoms with Gasteiger partial charge in [-0.15, -0.1) is 0 Å². The average Bonchev–Trinajstić information content (AvgIpc) is 3.71. The Bertz CT molecular complexity index is 1180. The summed E-state index contributed by atoms with van der Waals surface area (Å²) in [5.41, 5.74) is 3.41. The molecule has 0 aromatic carbocycles. The number of carbonyl (C=O) groups excluding carboxylic acids is 6. The van der Waals surface area contributed by atoms with Crippen LogP contribution >= 0.6 is 0 Å². The van der Waals surface area contributed by atoms with Gasteiger partial charge >= 0.3 is 12.0 Å². The summed E-state index contributed by atoms with van der Waals surface area (Å²) in [4.78, 5) is 81.6. The Morgan fingerprint density at radius 2 is 1.49 bits per heavy atom. The summed E-state index contributed by atoms with van der Waals surface area (Å²) in [5.74, 6) is -2.89. The van der Waals surface area contributed by atoms with Crippen LogP contribution in [0.25, 0.3) is 0 Å². The van der Waals surface area contributed by atoms with Crippen molar-refractivity contribution in [2.75, 3.05) is 6.54 Å². The Labute approximate surface area is 279 Å². The van der Waals surface area contributed by atoms with Crippen LogP contribution in [0, 0.1) is 23.7 Å². The van der Waals surface area contributed by atoms with Gasteiger partial charge in [-0.3, -0.25) is 19.2 Å². The van der Waals surface area contributed by atoms with E-state index in [4.69, 9.17) is 10.5 Å². The second kappa shape index (κ2) is 15.4. The van der Waals surface area contributed by atoms with Crippen LogP contribution in [0.15, 0.2) is 0 Å². The first-order valence-electron chi connectivity index (χ1n) is 17.9. The van der Waals surface area contributed by atoms with Gasteiger partial charge in [0.2, 0.25) is 17.6 Å². The molecule has 3 saturated carbocycles. The van der Waals surface area contributed by atoms with Crippen molar-refractivity contribution >= 4 is 35.5 Å². The number of ketones is 1. The second-order valence-electron chi connectivity index (χ2n) is 15.8. The van der Waals surface area contributed by atoms with E-state index in [2.05, 4.69) is 16.0 Å². The maximum Gasteiger partial charge on any atom is 0.332 e. The van der Waals surface area contributed by atoms with E-state index in [1.165, 1.54) is 0 Å². The Morgan fingerprint density at radius 3 is 2.04 bits per heavy atom. The van der Waals surface area contributed by atoms with Crippen LogP contribution in [-0.2, 0) is 28.7 Å². The van der Waals surface area contributed by atoms with Crippen LogP contribution in [0.2, 0.25) is 0 Å². The third kappa shape index (κ3) is 9.69. The van der Waals surface area contributed by atoms with E-state index in [-0.39, 0.29) is 29.6 Å². The number of nitrogens with two attached hydrogens (primary N) is 1. The Balaban J connectivity index is 1.56. The minimum atomic E-state index is -1.18. The molecule has 12 heteroatoms. The quantitative estimate of drug-likeness (QED) is 0.183. The Morgan fingerprint density at radius 1 is 0.872 bits per heavy atom. The van der Waals surface area contributed by atoms with Crippen LogP contribution < -0.4 is 21.7 Å². The molecule has 47 heavy (non-hydrogen) atoms. The lowest BCUT2D eigenvalue weighted by Gasteiger charge is -2.39. The lowest BCUT2D eigenvalue weighted by atomic mass is 9.81. The van der Waals surface area contributed by atoms with Gasteiger partial charge in [-0.2, -0.15) is 0 Å². The fourth-order valence-electron chi connectivity index (χ4n) is 7.53. The maximum atomic E-state index is 14.5. The summed E-state index contributed by atoms with van der Waals surface area (Å²) in [6.45, 7) is 9.81. The van der Waals surface area contributed by atoms with Gasteiger partial charge < -0.3 is 31.3 Å². The van der Waals surface area contributed by atoms with E-state index in [9.17, 15) is 28.8 Å². The van der Waals surface area contributed by atoms with E-state index >= 15 is 0 Å². The maximum absolute atomic E-state index is 14.5. The number of esters is 1. The molecular formula is C35H57N5O7. The Hall–Kier alpha value is -3.18. The van der Waals surface area contributed by atoms with Crippen molar-refractivity contribution in [2.24, 2.45) is 29.4 Å². The highest BCUT2D eigenvalue weighted by atomic mass is 16.6. The monoisotopic (exact) mass is 659 g/mol. The minimum Gasteiger partial charge on any atom is -0.458 e. The molecule has 0 aromatic heterocycles. The molecule has 1 saturated heterocycles. The highest BCUT2D eigenvalue weighted by Crippen LogP contribution is 2.36. The smallest absolute Gasteiger partial charge is 0.332 e. The number of likely N-dealkylation sites (tertiary alicyclic amines) is 1. The van der Waals surface area contributed by atoms with E-state index < -0.39 is 58.9 Å². The predicted octanol–water partition coefficient (Wildman–Crippen LogP) is 3.49. The number of primary amides is 1. The van der Waals surface area contributed by atoms with Crippen molar-refractivity contribution in [3.8, 4) is 0 Å². The molecule has 0 aromatic rings. The zero-order valence-corrected chi connectivity index (χ0v) is 29.0. The third-order valence-corrected chi connectivity index (χ3v) is 10.5. The predicted molar refractivity (Wildman–Crippen MR) is 176 cm³/mol. The molecule has 1 unspecified atom stereocenters. The van der Waals surface area contributed by atoms with Gasteiger partial charge in [0.05, 0.1) is 6.04 Å². The summed E-state index contributed by atoms with van der Waals surface area (Å²) in [5, 5.41) is 8.69. The number of carbonyl (C=O) groups is 6. The fraction of sp³-hybridized carbons (Fsp3) is 0.829. The lowest BCUT2D eigenvalue weighted by molar-refractivity contribution is -0.164. The SMILES string of the molecule is CC(C)[C@@H]1C[C@@H](C(=O)NC(CC2CC2)C(=O)C(N)=O)N(C(=O)[C@@H](NC(=O)NC2(C(=O)OC(C)(C)C)CCCCC2)C2CCCCC2)C1. The largest absolute Gasteiger partial charge is 0.458 e. The molecule has 1 heterocycles. The van der Waals surface area contributed by atoms with Crippen molar-refractivity contribution in [2.45, 2.75) is 154 Å². The number of hydrogen-bond donors (Lipinski definition) is 4. The molecule has 5 amide bonds. The normalized spacial score (nSPS) is 24.6. The molecule has 264 valence electrons. The molecule has 3 aliphatic carbocycles. The lowest BCUT2D eigenvalue weighted by Crippen LogP contribution is -2.63. The summed E-state index contributed by atoms with van der Waals surface area (Å²) in [7, 11) is 0. The van der Waals surface area contributed by atoms with Crippen molar-refractivity contribution in [3.63, 3.8) is 0 Å². The standard InChI is InChI=1S/C35H57N5O7/c1-21(2)24-19-26(30(43)37-25(18-22-14-15-22)28(41)29(36)42)40(20-24)31(44)27(23-12-8-6-9-13-23)38-33(46)39-35(16-10-7-11-17-35)32(45)47-34(3,4)5/h21-27H,6-20H2,1-5H3,(H2,36,42)(H,37,43)(H2,38,39,46)/t24-,25?,26+,27+/m1/s1. The number of nitrogens with zero attached hydrogens (tertiary/aromatic N) is 1. The van der Waals surface area contributed by atoms with E-state index in [1.54, 1.807) is 25.7 Å². The van der Waals surface area contributed by atoms with Gasteiger partial charge in [0.15, 0.2) is 0 Å². The molecule has 1 aliphatic heterocycles. The van der Waals surface area contributed by atoms with Gasteiger partial charge in [-0.25, -0.2) is 9.59 Å². The number of hydrogen-bond acceptors (Lipinski definition) is 7. The van der Waals surface area contributed by atoms with Gasteiger partial charge in [-0.1, -0.05) is 65.2 Å². The second-order valence-corrected chi connectivity index (χ2v) is 15.8. The minimum absolute atomic E-state index is 0.0296. The number of rotatable bonds is 12. The van der Waals surface area contributed by atoms with Crippen molar-refractivity contribution in [1.29, 1.82) is 0 Å². The first-order chi connectivity index (χ1) is 22.1. The number of amides is 5. The van der Waals surface area contributed by atoms with E-state index in [1.807, 2.05) is 13.8 Å². The van der Waals surface area contributed by atoms with Crippen LogP contribution in [-0.4, -0.2) is 76.2 Å². The molecule has 5 N–H and O–H groups in total. The van der Waals surface area contributed by atoms with Crippen LogP contribution in [0.1, 0.15) is 125 Å². The third-order valence-electron chi connectivity index (χ3n) is 10.5. The molecule has 4 fully saturated rings. The number of Topliss-reactive ketones (excluding diaryl/α,β-unsaturated/α-hetero) is 1. The van der Waals surface area contributed by atoms with Crippen LogP contribution in [0.4, 0.5) is 4.79 Å². The topological polar surface area (TPSA) is 177 Å². The van der Waals surface area contributed by atoms with Crippen molar-refractivity contribution in [1.82, 2.24) is 20.9 Å². The average molecular weight is 660 g/mol. The van der Waals surface area contributed by atoms with Gasteiger partial charge in [-0.05, 0) is 83.0 Å². The highest BCUT2D eigenvalue weighted by Gasteiger charge is 2.48. The van der Waals surface area contributed by atoms with Crippen molar-refractivity contribution in [3.05, 3.63) is 0 Å². The van der Waals surface area contributed by atoms with Crippen LogP contribution in [0.5, 0.6) is 0 Å². The molecule has 0 radical (unpaired) electrons. The molecule has 4 atom stereocenters. The summed E-state index contributed by atoms with van der Waals surface area (Å²) in [6.07, 6.45) is 10.4. The number of nitrogens with one attached hydrogen (secondary N) is 3. The molecule has 4 rings (SSSR count). The summed E-state index contributed by atoms with van der Waals surface area (Å²) in [6, 6.07) is -3.39. The van der Waals surface area contributed by atoms with Gasteiger partial charge in [0.1, 0.15) is 23.2 Å². The molecule has 12 nitrogen and oxygen atoms in total. The van der Waals surface area contributed by atoms with Crippen LogP contribution in [0.3, 0.4) is 0 Å². The Kier molecular flexibility index (Phi) is 12.0. The summed E-state index contributed by atoms with van der Waals surface area (Å²) >= 11 is 0. The van der Waals surface area contributed by atoms with E-state index in [0.717, 1.165) is 64.2 Å². The zero-order chi connectivity index (χ0) is 34.5. The molecule has 0 bridgehead atoms. The molecule has 0 spiro atoms. The van der Waals surface area contributed by atoms with Gasteiger partial charge in [0, 0.05) is 6.54 Å². The molecule has 4 aliphatic rings. The first-order valence-corrected chi connectivity index (χ1v) is 17.9. The highest BCUT2D eigenvalue weighted by molar-refractivity contribution is 6.37. The molecular weight excluding hydrogens is 602 g/mol. The zero-order valence-electron chi connectivity index (χ0n) is 29.0. The number of urea groups is 1. The fourth-order valence-corrected chi connectivity index (χ4v) is 7.53. The van der Waals surface area contributed by atoms with Gasteiger partial charge in [0.25, 0.3) is 5.91 Å². The first kappa shape index (κ1) is 36.7.